The number of halogens is 1. The quantitative estimate of drug-likeness (QED) is 0.658. The van der Waals surface area contributed by atoms with E-state index in [4.69, 9.17) is 4.98 Å². The molecule has 3 aromatic rings. The van der Waals surface area contributed by atoms with Crippen LogP contribution in [0.4, 0.5) is 5.82 Å². The smallest absolute Gasteiger partial charge is 0.226 e. The number of carbonyl (C=O) groups excluding carboxylic acids is 1. The lowest BCUT2D eigenvalue weighted by molar-refractivity contribution is -0.115. The van der Waals surface area contributed by atoms with Crippen LogP contribution in [0.15, 0.2) is 24.4 Å². The molecule has 7 heteroatoms. The predicted molar refractivity (Wildman–Crippen MR) is 105 cm³/mol. The second-order valence-corrected chi connectivity index (χ2v) is 6.99. The molecule has 0 aliphatic rings. The van der Waals surface area contributed by atoms with Gasteiger partial charge in [-0.25, -0.2) is 4.98 Å². The summed E-state index contributed by atoms with van der Waals surface area (Å²) in [7, 11) is 0. The highest BCUT2D eigenvalue weighted by Gasteiger charge is 2.17. The van der Waals surface area contributed by atoms with E-state index >= 15 is 0 Å². The molecule has 6 nitrogen and oxygen atoms in total. The third kappa shape index (κ3) is 3.33. The van der Waals surface area contributed by atoms with Crippen LogP contribution >= 0.6 is 15.9 Å². The van der Waals surface area contributed by atoms with E-state index in [2.05, 4.69) is 51.5 Å². The van der Waals surface area contributed by atoms with Gasteiger partial charge in [-0.1, -0.05) is 27.6 Å². The predicted octanol–water partition coefficient (Wildman–Crippen LogP) is 3.94. The Hall–Kier alpha value is -2.72. The maximum absolute atomic E-state index is 12.0. The largest absolute Gasteiger partial charge is 0.309 e. The van der Waals surface area contributed by atoms with E-state index in [1.165, 1.54) is 16.4 Å². The minimum absolute atomic E-state index is 0.190. The number of carbonyl (C=O) groups is 1. The van der Waals surface area contributed by atoms with Gasteiger partial charge in [-0.3, -0.25) is 4.79 Å². The normalized spacial score (nSPS) is 10.7. The van der Waals surface area contributed by atoms with E-state index in [9.17, 15) is 10.1 Å². The summed E-state index contributed by atoms with van der Waals surface area (Å²) in [6.45, 7) is 6.10. The molecule has 2 heterocycles. The van der Waals surface area contributed by atoms with Crippen molar-refractivity contribution >= 4 is 38.6 Å². The summed E-state index contributed by atoms with van der Waals surface area (Å²) in [6.07, 6.45) is 1.74. The number of aromatic nitrogens is 3. The topological polar surface area (TPSA) is 83.6 Å². The van der Waals surface area contributed by atoms with Gasteiger partial charge in [-0.15, -0.1) is 0 Å². The number of nitriles is 1. The summed E-state index contributed by atoms with van der Waals surface area (Å²) in [5.41, 5.74) is 4.50. The highest BCUT2D eigenvalue weighted by Crippen LogP contribution is 2.26. The second kappa shape index (κ2) is 7.26. The van der Waals surface area contributed by atoms with E-state index in [0.717, 1.165) is 22.0 Å². The third-order valence-corrected chi connectivity index (χ3v) is 4.52. The Balaban J connectivity index is 2.17. The number of aryl methyl sites for hydroxylation is 3. The van der Waals surface area contributed by atoms with Crippen molar-refractivity contribution in [1.82, 2.24) is 14.8 Å². The van der Waals surface area contributed by atoms with E-state index in [0.29, 0.717) is 29.0 Å². The molecule has 0 spiro atoms. The van der Waals surface area contributed by atoms with Gasteiger partial charge in [0.1, 0.15) is 11.6 Å². The molecule has 0 saturated carbocycles. The zero-order valence-corrected chi connectivity index (χ0v) is 16.4. The SMILES string of the molecule is Cc1cc(C)c2nc(-n3ncc(C#N)c3NC(=O)CCBr)cc(C)c2c1. The van der Waals surface area contributed by atoms with Gasteiger partial charge in [0.15, 0.2) is 11.6 Å². The highest BCUT2D eigenvalue weighted by atomic mass is 79.9. The number of benzene rings is 1. The Morgan fingerprint density at radius 3 is 2.73 bits per heavy atom. The van der Waals surface area contributed by atoms with E-state index < -0.39 is 0 Å². The van der Waals surface area contributed by atoms with Gasteiger partial charge in [-0.2, -0.15) is 15.0 Å². The zero-order chi connectivity index (χ0) is 18.8. The number of nitrogens with one attached hydrogen (secondary N) is 1. The van der Waals surface area contributed by atoms with Gasteiger partial charge in [0, 0.05) is 17.1 Å². The van der Waals surface area contributed by atoms with Crippen LogP contribution in [0.2, 0.25) is 0 Å². The highest BCUT2D eigenvalue weighted by molar-refractivity contribution is 9.09. The summed E-state index contributed by atoms with van der Waals surface area (Å²) in [6, 6.07) is 8.17. The summed E-state index contributed by atoms with van der Waals surface area (Å²) in [4.78, 5) is 16.8. The molecule has 3 rings (SSSR count). The van der Waals surface area contributed by atoms with Gasteiger partial charge in [0.2, 0.25) is 5.91 Å². The molecule has 0 saturated heterocycles. The average molecular weight is 412 g/mol. The van der Waals surface area contributed by atoms with Crippen molar-refractivity contribution in [3.05, 3.63) is 46.6 Å². The third-order valence-electron chi connectivity index (χ3n) is 4.13. The van der Waals surface area contributed by atoms with Crippen LogP contribution in [0.25, 0.3) is 16.7 Å². The molecule has 0 bridgehead atoms. The van der Waals surface area contributed by atoms with Crippen LogP contribution < -0.4 is 5.32 Å². The van der Waals surface area contributed by atoms with Crippen molar-refractivity contribution in [3.63, 3.8) is 0 Å². The molecule has 0 aliphatic heterocycles. The molecule has 1 aromatic carbocycles. The fraction of sp³-hybridized carbons (Fsp3) is 0.263. The first kappa shape index (κ1) is 18.1. The van der Waals surface area contributed by atoms with Crippen molar-refractivity contribution in [2.24, 2.45) is 0 Å². The monoisotopic (exact) mass is 411 g/mol. The first-order chi connectivity index (χ1) is 12.4. The van der Waals surface area contributed by atoms with Crippen LogP contribution in [0.3, 0.4) is 0 Å². The molecule has 26 heavy (non-hydrogen) atoms. The molecule has 1 amide bonds. The number of hydrogen-bond donors (Lipinski definition) is 1. The van der Waals surface area contributed by atoms with Gasteiger partial charge < -0.3 is 5.32 Å². The Bertz CT molecular complexity index is 1050. The van der Waals surface area contributed by atoms with Crippen LogP contribution in [0.1, 0.15) is 28.7 Å². The number of alkyl halides is 1. The van der Waals surface area contributed by atoms with Crippen molar-refractivity contribution in [2.75, 3.05) is 10.6 Å². The van der Waals surface area contributed by atoms with Gasteiger partial charge >= 0.3 is 0 Å². The number of pyridine rings is 1. The van der Waals surface area contributed by atoms with Gasteiger partial charge in [0.25, 0.3) is 0 Å². The fourth-order valence-corrected chi connectivity index (χ4v) is 3.30. The van der Waals surface area contributed by atoms with Crippen molar-refractivity contribution in [1.29, 1.82) is 5.26 Å². The summed E-state index contributed by atoms with van der Waals surface area (Å²) in [5, 5.41) is 18.0. The second-order valence-electron chi connectivity index (χ2n) is 6.19. The minimum atomic E-state index is -0.190. The van der Waals surface area contributed by atoms with Crippen LogP contribution in [-0.2, 0) is 4.79 Å². The standard InChI is InChI=1S/C19H18BrN5O/c1-11-6-13(3)18-15(7-11)12(2)8-16(23-18)25-19(14(9-21)10-22-25)24-17(26)4-5-20/h6-8,10H,4-5H2,1-3H3,(H,24,26). The van der Waals surface area contributed by atoms with E-state index in [-0.39, 0.29) is 5.91 Å². The van der Waals surface area contributed by atoms with Crippen LogP contribution in [0.5, 0.6) is 0 Å². The maximum Gasteiger partial charge on any atom is 0.226 e. The van der Waals surface area contributed by atoms with Crippen LogP contribution in [-0.4, -0.2) is 26.0 Å². The van der Waals surface area contributed by atoms with E-state index in [1.54, 1.807) is 0 Å². The molecular formula is C19H18BrN5O. The Labute approximate surface area is 160 Å². The first-order valence-corrected chi connectivity index (χ1v) is 9.29. The van der Waals surface area contributed by atoms with E-state index in [1.807, 2.05) is 19.9 Å². The molecule has 0 radical (unpaired) electrons. The van der Waals surface area contributed by atoms with Crippen molar-refractivity contribution < 1.29 is 4.79 Å². The molecule has 0 unspecified atom stereocenters. The lowest BCUT2D eigenvalue weighted by Crippen LogP contribution is -2.16. The Kier molecular flexibility index (Phi) is 5.05. The Morgan fingerprint density at radius 1 is 1.27 bits per heavy atom. The first-order valence-electron chi connectivity index (χ1n) is 8.17. The zero-order valence-electron chi connectivity index (χ0n) is 14.8. The van der Waals surface area contributed by atoms with Crippen molar-refractivity contribution in [3.8, 4) is 11.9 Å². The molecule has 2 aromatic heterocycles. The number of rotatable bonds is 4. The van der Waals surface area contributed by atoms with Crippen LogP contribution in [0, 0.1) is 32.1 Å². The maximum atomic E-state index is 12.0. The number of amides is 1. The lowest BCUT2D eigenvalue weighted by Gasteiger charge is -2.12. The minimum Gasteiger partial charge on any atom is -0.309 e. The summed E-state index contributed by atoms with van der Waals surface area (Å²) < 4.78 is 1.51. The van der Waals surface area contributed by atoms with Gasteiger partial charge in [-0.05, 0) is 44.0 Å². The molecular weight excluding hydrogens is 394 g/mol. The fourth-order valence-electron chi connectivity index (χ4n) is 2.94. The summed E-state index contributed by atoms with van der Waals surface area (Å²) in [5.74, 6) is 0.719. The molecule has 1 N–H and O–H groups in total. The average Bonchev–Trinajstić information content (AvgIpc) is 2.98. The molecule has 0 atom stereocenters. The van der Waals surface area contributed by atoms with Crippen molar-refractivity contribution in [2.45, 2.75) is 27.2 Å². The number of hydrogen-bond acceptors (Lipinski definition) is 4. The Morgan fingerprint density at radius 2 is 2.04 bits per heavy atom. The number of anilines is 1. The summed E-state index contributed by atoms with van der Waals surface area (Å²) >= 11 is 3.24. The number of nitrogens with zero attached hydrogens (tertiary/aromatic N) is 4. The molecule has 0 fully saturated rings. The molecule has 0 aliphatic carbocycles. The van der Waals surface area contributed by atoms with Gasteiger partial charge in [0.05, 0.1) is 11.7 Å². The lowest BCUT2D eigenvalue weighted by atomic mass is 10.0. The number of fused-ring (bicyclic) bond motifs is 1. The molecule has 132 valence electrons.